The normalized spacial score (nSPS) is 11.2. The van der Waals surface area contributed by atoms with Gasteiger partial charge in [-0.05, 0) is 43.3 Å². The van der Waals surface area contributed by atoms with Gasteiger partial charge in [0.25, 0.3) is 0 Å². The Hall–Kier alpha value is -3.69. The summed E-state index contributed by atoms with van der Waals surface area (Å²) < 4.78 is 40.7. The second-order valence-corrected chi connectivity index (χ2v) is 6.05. The number of ether oxygens (including phenoxy) is 1. The quantitative estimate of drug-likeness (QED) is 0.616. The molecular weight excluding hydrogens is 389 g/mol. The highest BCUT2D eigenvalue weighted by atomic mass is 19.4. The zero-order valence-electron chi connectivity index (χ0n) is 15.3. The fourth-order valence-corrected chi connectivity index (χ4v) is 2.48. The van der Waals surface area contributed by atoms with E-state index in [9.17, 15) is 22.8 Å². The molecule has 0 aliphatic rings. The number of carbonyl (C=O) groups is 2. The predicted molar refractivity (Wildman–Crippen MR) is 97.8 cm³/mol. The Morgan fingerprint density at radius 3 is 2.28 bits per heavy atom. The minimum atomic E-state index is -4.79. The van der Waals surface area contributed by atoms with Crippen molar-refractivity contribution < 1.29 is 27.5 Å². The molecular formula is C19H15F3N4O3. The van der Waals surface area contributed by atoms with Crippen molar-refractivity contribution in [2.24, 2.45) is 0 Å². The minimum absolute atomic E-state index is 0.0360. The highest BCUT2D eigenvalue weighted by molar-refractivity contribution is 5.98. The Bertz CT molecular complexity index is 1060. The van der Waals surface area contributed by atoms with Gasteiger partial charge in [-0.3, -0.25) is 9.59 Å². The lowest BCUT2D eigenvalue weighted by Crippen LogP contribution is -2.17. The number of anilines is 2. The first kappa shape index (κ1) is 20.1. The second kappa shape index (κ2) is 7.74. The average Bonchev–Trinajstić information content (AvgIpc) is 3.05. The van der Waals surface area contributed by atoms with Gasteiger partial charge in [-0.25, -0.2) is 0 Å². The maximum Gasteiger partial charge on any atom is 0.573 e. The monoisotopic (exact) mass is 404 g/mol. The molecule has 150 valence electrons. The number of nitrogens with zero attached hydrogens (tertiary/aromatic N) is 3. The molecule has 29 heavy (non-hydrogen) atoms. The number of benzene rings is 2. The third-order valence-electron chi connectivity index (χ3n) is 3.78. The number of nitrogens with one attached hydrogen (secondary N) is 1. The largest absolute Gasteiger partial charge is 0.573 e. The fourth-order valence-electron chi connectivity index (χ4n) is 2.48. The Morgan fingerprint density at radius 1 is 1.00 bits per heavy atom. The second-order valence-electron chi connectivity index (χ2n) is 6.05. The van der Waals surface area contributed by atoms with Crippen LogP contribution in [-0.2, 0) is 0 Å². The number of hydrogen-bond acceptors (Lipinski definition) is 6. The van der Waals surface area contributed by atoms with E-state index in [1.807, 2.05) is 0 Å². The van der Waals surface area contributed by atoms with Crippen molar-refractivity contribution in [2.75, 3.05) is 5.32 Å². The molecule has 10 heteroatoms. The van der Waals surface area contributed by atoms with E-state index in [1.165, 1.54) is 26.0 Å². The highest BCUT2D eigenvalue weighted by Gasteiger charge is 2.31. The van der Waals surface area contributed by atoms with E-state index in [4.69, 9.17) is 0 Å². The van der Waals surface area contributed by atoms with Gasteiger partial charge in [0.15, 0.2) is 23.1 Å². The van der Waals surface area contributed by atoms with E-state index in [-0.39, 0.29) is 28.8 Å². The number of ketones is 2. The Morgan fingerprint density at radius 2 is 1.69 bits per heavy atom. The molecule has 3 rings (SSSR count). The number of rotatable bonds is 6. The Balaban J connectivity index is 1.90. The van der Waals surface area contributed by atoms with Gasteiger partial charge < -0.3 is 10.1 Å². The maximum absolute atomic E-state index is 12.3. The van der Waals surface area contributed by atoms with Gasteiger partial charge in [-0.1, -0.05) is 12.1 Å². The van der Waals surface area contributed by atoms with Crippen LogP contribution in [0.3, 0.4) is 0 Å². The molecule has 1 aromatic heterocycles. The smallest absolute Gasteiger partial charge is 0.406 e. The lowest BCUT2D eigenvalue weighted by molar-refractivity contribution is -0.274. The molecule has 0 fully saturated rings. The van der Waals surface area contributed by atoms with Crippen LogP contribution in [0.1, 0.15) is 34.7 Å². The molecule has 0 spiro atoms. The Kier molecular flexibility index (Phi) is 5.35. The highest BCUT2D eigenvalue weighted by Crippen LogP contribution is 2.25. The van der Waals surface area contributed by atoms with Crippen LogP contribution in [0.4, 0.5) is 24.7 Å². The standard InChI is InChI=1S/C19H15F3N4O3/c1-11(27)13-4-3-5-14(10-13)23-18-17(12(2)28)24-26(25-18)15-6-8-16(9-7-15)29-19(20,21)22/h3-10H,1-2H3,(H,23,25). The van der Waals surface area contributed by atoms with Crippen LogP contribution in [0.15, 0.2) is 48.5 Å². The molecule has 1 N–H and O–H groups in total. The van der Waals surface area contributed by atoms with Crippen molar-refractivity contribution in [1.29, 1.82) is 0 Å². The molecule has 0 aliphatic carbocycles. The first-order chi connectivity index (χ1) is 13.6. The van der Waals surface area contributed by atoms with Gasteiger partial charge in [-0.2, -0.15) is 0 Å². The van der Waals surface area contributed by atoms with Gasteiger partial charge >= 0.3 is 6.36 Å². The summed E-state index contributed by atoms with van der Waals surface area (Å²) in [5, 5.41) is 11.2. The number of Topliss-reactive ketones (excluding diaryl/α,β-unsaturated/α-hetero) is 2. The topological polar surface area (TPSA) is 86.1 Å². The summed E-state index contributed by atoms with van der Waals surface area (Å²) in [7, 11) is 0. The summed E-state index contributed by atoms with van der Waals surface area (Å²) in [6, 6.07) is 11.5. The van der Waals surface area contributed by atoms with Crippen LogP contribution in [0.25, 0.3) is 5.69 Å². The Labute approximate surface area is 163 Å². The van der Waals surface area contributed by atoms with Crippen molar-refractivity contribution in [2.45, 2.75) is 20.2 Å². The van der Waals surface area contributed by atoms with Crippen LogP contribution in [0, 0.1) is 0 Å². The molecule has 0 radical (unpaired) electrons. The zero-order chi connectivity index (χ0) is 21.2. The van der Waals surface area contributed by atoms with Gasteiger partial charge in [0.05, 0.1) is 5.69 Å². The van der Waals surface area contributed by atoms with E-state index in [0.29, 0.717) is 16.9 Å². The SMILES string of the molecule is CC(=O)c1cccc(Nc2nn(-c3ccc(OC(F)(F)F)cc3)nc2C(C)=O)c1. The number of halogens is 3. The van der Waals surface area contributed by atoms with Crippen molar-refractivity contribution >= 4 is 23.1 Å². The average molecular weight is 404 g/mol. The molecule has 0 unspecified atom stereocenters. The molecule has 0 saturated carbocycles. The molecule has 0 aliphatic heterocycles. The number of carbonyl (C=O) groups excluding carboxylic acids is 2. The summed E-state index contributed by atoms with van der Waals surface area (Å²) in [4.78, 5) is 24.6. The van der Waals surface area contributed by atoms with Crippen molar-refractivity contribution in [3.63, 3.8) is 0 Å². The third-order valence-corrected chi connectivity index (χ3v) is 3.78. The lowest BCUT2D eigenvalue weighted by Gasteiger charge is -2.08. The third kappa shape index (κ3) is 4.98. The summed E-state index contributed by atoms with van der Waals surface area (Å²) in [6.07, 6.45) is -4.79. The van der Waals surface area contributed by atoms with Crippen LogP contribution in [0.5, 0.6) is 5.75 Å². The summed E-state index contributed by atoms with van der Waals surface area (Å²) in [5.41, 5.74) is 1.37. The van der Waals surface area contributed by atoms with E-state index in [1.54, 1.807) is 24.3 Å². The van der Waals surface area contributed by atoms with E-state index >= 15 is 0 Å². The number of aromatic nitrogens is 3. The molecule has 0 amide bonds. The molecule has 3 aromatic rings. The van der Waals surface area contributed by atoms with E-state index < -0.39 is 6.36 Å². The van der Waals surface area contributed by atoms with Gasteiger partial charge in [0, 0.05) is 18.2 Å². The van der Waals surface area contributed by atoms with Crippen LogP contribution >= 0.6 is 0 Å². The molecule has 0 atom stereocenters. The maximum atomic E-state index is 12.3. The van der Waals surface area contributed by atoms with Gasteiger partial charge in [0.1, 0.15) is 5.75 Å². The van der Waals surface area contributed by atoms with E-state index in [2.05, 4.69) is 20.3 Å². The van der Waals surface area contributed by atoms with Crippen LogP contribution in [0.2, 0.25) is 0 Å². The fraction of sp³-hybridized carbons (Fsp3) is 0.158. The van der Waals surface area contributed by atoms with E-state index in [0.717, 1.165) is 16.9 Å². The lowest BCUT2D eigenvalue weighted by atomic mass is 10.1. The van der Waals surface area contributed by atoms with Gasteiger partial charge in [-0.15, -0.1) is 28.2 Å². The molecule has 7 nitrogen and oxygen atoms in total. The van der Waals surface area contributed by atoms with Crippen molar-refractivity contribution in [3.05, 3.63) is 59.8 Å². The first-order valence-electron chi connectivity index (χ1n) is 8.35. The summed E-state index contributed by atoms with van der Waals surface area (Å²) in [6.45, 7) is 2.74. The molecule has 0 saturated heterocycles. The van der Waals surface area contributed by atoms with Crippen LogP contribution in [-0.4, -0.2) is 32.9 Å². The minimum Gasteiger partial charge on any atom is -0.406 e. The molecule has 0 bridgehead atoms. The van der Waals surface area contributed by atoms with Gasteiger partial charge in [0.2, 0.25) is 0 Å². The number of hydrogen-bond donors (Lipinski definition) is 1. The van der Waals surface area contributed by atoms with Crippen LogP contribution < -0.4 is 10.1 Å². The van der Waals surface area contributed by atoms with Crippen molar-refractivity contribution in [1.82, 2.24) is 15.0 Å². The first-order valence-corrected chi connectivity index (χ1v) is 8.35. The predicted octanol–water partition coefficient (Wildman–Crippen LogP) is 4.31. The zero-order valence-corrected chi connectivity index (χ0v) is 15.3. The summed E-state index contributed by atoms with van der Waals surface area (Å²) >= 11 is 0. The summed E-state index contributed by atoms with van der Waals surface area (Å²) in [5.74, 6) is -0.725. The van der Waals surface area contributed by atoms with Crippen molar-refractivity contribution in [3.8, 4) is 11.4 Å². The number of alkyl halides is 3. The molecule has 1 heterocycles. The molecule has 2 aromatic carbocycles.